The van der Waals surface area contributed by atoms with Crippen LogP contribution in [0.5, 0.6) is 0 Å². The lowest BCUT2D eigenvalue weighted by molar-refractivity contribution is -0.0262. The van der Waals surface area contributed by atoms with Gasteiger partial charge in [-0.2, -0.15) is 0 Å². The first-order valence-electron chi connectivity index (χ1n) is 7.68. The lowest BCUT2D eigenvalue weighted by atomic mass is 9.90. The van der Waals surface area contributed by atoms with Crippen LogP contribution in [-0.2, 0) is 11.2 Å². The normalized spacial score (nSPS) is 31.4. The largest absolute Gasteiger partial charge is 0.469 e. The Hall–Kier alpha value is -0.800. The number of ether oxygens (including phenoxy) is 1. The number of nitrogens with one attached hydrogen (secondary N) is 1. The standard InChI is InChI=1S/C16H25NO2/c1-11(2)16-10-12(6-8-19-16)17-14-4-3-5-15-13(14)7-9-18-15/h7,9,11-12,14,16-17H,3-6,8,10H2,1-2H3. The molecule has 1 aromatic rings. The number of hydrogen-bond donors (Lipinski definition) is 1. The highest BCUT2D eigenvalue weighted by molar-refractivity contribution is 5.24. The summed E-state index contributed by atoms with van der Waals surface area (Å²) in [5.41, 5.74) is 1.39. The smallest absolute Gasteiger partial charge is 0.108 e. The van der Waals surface area contributed by atoms with E-state index in [0.29, 0.717) is 24.1 Å². The molecule has 3 unspecified atom stereocenters. The zero-order valence-electron chi connectivity index (χ0n) is 12.0. The van der Waals surface area contributed by atoms with Gasteiger partial charge < -0.3 is 14.5 Å². The lowest BCUT2D eigenvalue weighted by Gasteiger charge is -2.35. The summed E-state index contributed by atoms with van der Waals surface area (Å²) in [6, 6.07) is 3.22. The molecule has 19 heavy (non-hydrogen) atoms. The fourth-order valence-corrected chi connectivity index (χ4v) is 3.39. The minimum absolute atomic E-state index is 0.415. The summed E-state index contributed by atoms with van der Waals surface area (Å²) < 4.78 is 11.4. The van der Waals surface area contributed by atoms with Gasteiger partial charge in [-0.05, 0) is 37.7 Å². The van der Waals surface area contributed by atoms with E-state index in [1.807, 2.05) is 6.26 Å². The van der Waals surface area contributed by atoms with Crippen LogP contribution in [0.4, 0.5) is 0 Å². The first-order valence-corrected chi connectivity index (χ1v) is 7.68. The molecular formula is C16H25NO2. The van der Waals surface area contributed by atoms with Crippen LogP contribution >= 0.6 is 0 Å². The molecule has 1 aliphatic heterocycles. The van der Waals surface area contributed by atoms with Crippen LogP contribution in [0.25, 0.3) is 0 Å². The molecule has 0 radical (unpaired) electrons. The Morgan fingerprint density at radius 3 is 3.05 bits per heavy atom. The van der Waals surface area contributed by atoms with E-state index in [1.165, 1.54) is 24.2 Å². The van der Waals surface area contributed by atoms with Gasteiger partial charge in [-0.1, -0.05) is 13.8 Å². The summed E-state index contributed by atoms with van der Waals surface area (Å²) in [6.45, 7) is 5.40. The quantitative estimate of drug-likeness (QED) is 0.907. The molecule has 3 atom stereocenters. The van der Waals surface area contributed by atoms with Gasteiger partial charge in [-0.15, -0.1) is 0 Å². The van der Waals surface area contributed by atoms with Gasteiger partial charge in [0.15, 0.2) is 0 Å². The third-order valence-corrected chi connectivity index (χ3v) is 4.55. The van der Waals surface area contributed by atoms with Crippen molar-refractivity contribution in [3.63, 3.8) is 0 Å². The van der Waals surface area contributed by atoms with E-state index in [1.54, 1.807) is 0 Å². The van der Waals surface area contributed by atoms with Crippen molar-refractivity contribution in [2.24, 2.45) is 5.92 Å². The van der Waals surface area contributed by atoms with Crippen LogP contribution in [-0.4, -0.2) is 18.8 Å². The first kappa shape index (κ1) is 13.2. The summed E-state index contributed by atoms with van der Waals surface area (Å²) >= 11 is 0. The molecule has 0 spiro atoms. The average molecular weight is 263 g/mol. The molecule has 1 fully saturated rings. The van der Waals surface area contributed by atoms with Crippen LogP contribution in [0.15, 0.2) is 16.7 Å². The van der Waals surface area contributed by atoms with Gasteiger partial charge in [-0.25, -0.2) is 0 Å². The van der Waals surface area contributed by atoms with E-state index in [4.69, 9.17) is 9.15 Å². The Morgan fingerprint density at radius 1 is 1.32 bits per heavy atom. The second-order valence-electron chi connectivity index (χ2n) is 6.29. The summed E-state index contributed by atoms with van der Waals surface area (Å²) in [5, 5.41) is 3.84. The number of hydrogen-bond acceptors (Lipinski definition) is 3. The number of furan rings is 1. The second-order valence-corrected chi connectivity index (χ2v) is 6.29. The Kier molecular flexibility index (Phi) is 3.94. The van der Waals surface area contributed by atoms with Crippen molar-refractivity contribution in [3.05, 3.63) is 23.7 Å². The minimum Gasteiger partial charge on any atom is -0.469 e. The van der Waals surface area contributed by atoms with Crippen LogP contribution in [0.2, 0.25) is 0 Å². The third-order valence-electron chi connectivity index (χ3n) is 4.55. The summed E-state index contributed by atoms with van der Waals surface area (Å²) in [7, 11) is 0. The second kappa shape index (κ2) is 5.68. The molecule has 1 saturated heterocycles. The Bertz CT molecular complexity index is 413. The van der Waals surface area contributed by atoms with Crippen molar-refractivity contribution in [2.75, 3.05) is 6.61 Å². The SMILES string of the molecule is CC(C)C1CC(NC2CCCc3occc32)CCO1. The molecule has 2 aliphatic rings. The van der Waals surface area contributed by atoms with Crippen molar-refractivity contribution in [2.45, 2.75) is 64.1 Å². The zero-order chi connectivity index (χ0) is 13.2. The number of aryl methyl sites for hydroxylation is 1. The maximum Gasteiger partial charge on any atom is 0.108 e. The summed E-state index contributed by atoms with van der Waals surface area (Å²) in [5.74, 6) is 1.80. The van der Waals surface area contributed by atoms with Crippen LogP contribution in [0.3, 0.4) is 0 Å². The molecule has 0 amide bonds. The fourth-order valence-electron chi connectivity index (χ4n) is 3.39. The fraction of sp³-hybridized carbons (Fsp3) is 0.750. The number of rotatable bonds is 3. The molecule has 0 bridgehead atoms. The van der Waals surface area contributed by atoms with Crippen molar-refractivity contribution in [3.8, 4) is 0 Å². The van der Waals surface area contributed by atoms with Crippen LogP contribution < -0.4 is 5.32 Å². The van der Waals surface area contributed by atoms with Gasteiger partial charge in [0.2, 0.25) is 0 Å². The maximum absolute atomic E-state index is 5.85. The molecule has 1 aliphatic carbocycles. The molecule has 0 aromatic carbocycles. The first-order chi connectivity index (χ1) is 9.24. The highest BCUT2D eigenvalue weighted by atomic mass is 16.5. The van der Waals surface area contributed by atoms with Gasteiger partial charge >= 0.3 is 0 Å². The topological polar surface area (TPSA) is 34.4 Å². The van der Waals surface area contributed by atoms with E-state index in [0.717, 1.165) is 25.9 Å². The monoisotopic (exact) mass is 263 g/mol. The molecule has 3 nitrogen and oxygen atoms in total. The van der Waals surface area contributed by atoms with Crippen molar-refractivity contribution < 1.29 is 9.15 Å². The predicted molar refractivity (Wildman–Crippen MR) is 75.1 cm³/mol. The van der Waals surface area contributed by atoms with E-state index < -0.39 is 0 Å². The molecular weight excluding hydrogens is 238 g/mol. The van der Waals surface area contributed by atoms with Crippen molar-refractivity contribution >= 4 is 0 Å². The van der Waals surface area contributed by atoms with Crippen LogP contribution in [0, 0.1) is 5.92 Å². The molecule has 0 saturated carbocycles. The van der Waals surface area contributed by atoms with Gasteiger partial charge in [0.25, 0.3) is 0 Å². The van der Waals surface area contributed by atoms with Gasteiger partial charge in [0.05, 0.1) is 12.4 Å². The van der Waals surface area contributed by atoms with E-state index >= 15 is 0 Å². The summed E-state index contributed by atoms with van der Waals surface area (Å²) in [4.78, 5) is 0. The lowest BCUT2D eigenvalue weighted by Crippen LogP contribution is -2.42. The molecule has 3 rings (SSSR count). The highest BCUT2D eigenvalue weighted by Gasteiger charge is 2.29. The maximum atomic E-state index is 5.85. The van der Waals surface area contributed by atoms with E-state index in [2.05, 4.69) is 25.2 Å². The minimum atomic E-state index is 0.415. The predicted octanol–water partition coefficient (Wildman–Crippen LogP) is 3.45. The van der Waals surface area contributed by atoms with Gasteiger partial charge in [0.1, 0.15) is 5.76 Å². The van der Waals surface area contributed by atoms with Crippen molar-refractivity contribution in [1.82, 2.24) is 5.32 Å². The van der Waals surface area contributed by atoms with Gasteiger partial charge in [-0.3, -0.25) is 0 Å². The molecule has 3 heteroatoms. The average Bonchev–Trinajstić information content (AvgIpc) is 2.88. The van der Waals surface area contributed by atoms with Crippen molar-refractivity contribution in [1.29, 1.82) is 0 Å². The van der Waals surface area contributed by atoms with E-state index in [-0.39, 0.29) is 0 Å². The van der Waals surface area contributed by atoms with Gasteiger partial charge in [0, 0.05) is 30.7 Å². The Morgan fingerprint density at radius 2 is 2.21 bits per heavy atom. The molecule has 106 valence electrons. The Balaban J connectivity index is 1.63. The molecule has 1 aromatic heterocycles. The third kappa shape index (κ3) is 2.87. The Labute approximate surface area is 115 Å². The zero-order valence-corrected chi connectivity index (χ0v) is 12.0. The molecule has 2 heterocycles. The summed E-state index contributed by atoms with van der Waals surface area (Å²) in [6.07, 6.45) is 8.09. The van der Waals surface area contributed by atoms with E-state index in [9.17, 15) is 0 Å². The number of fused-ring (bicyclic) bond motifs is 1. The van der Waals surface area contributed by atoms with Crippen LogP contribution in [0.1, 0.15) is 56.9 Å². The molecule has 1 N–H and O–H groups in total. The highest BCUT2D eigenvalue weighted by Crippen LogP contribution is 2.32.